The highest BCUT2D eigenvalue weighted by atomic mass is 19.4. The predicted octanol–water partition coefficient (Wildman–Crippen LogP) is 12.3. The number of rotatable bonds is 8. The Morgan fingerprint density at radius 3 is 1.30 bits per heavy atom. The van der Waals surface area contributed by atoms with E-state index in [1.807, 2.05) is 6.92 Å². The minimum Gasteiger partial charge on any atom is -0.454 e. The van der Waals surface area contributed by atoms with E-state index in [1.54, 1.807) is 55.7 Å². The number of hydrogen-bond acceptors (Lipinski definition) is 8. The van der Waals surface area contributed by atoms with Crippen molar-refractivity contribution in [1.82, 2.24) is 19.9 Å². The summed E-state index contributed by atoms with van der Waals surface area (Å²) in [4.78, 5) is 41.3. The third kappa shape index (κ3) is 11.3. The van der Waals surface area contributed by atoms with Crippen LogP contribution in [0.4, 0.5) is 63.1 Å². The van der Waals surface area contributed by atoms with E-state index in [4.69, 9.17) is 9.47 Å². The van der Waals surface area contributed by atoms with E-state index in [2.05, 4.69) is 41.2 Å². The second-order valence-corrected chi connectivity index (χ2v) is 13.7. The summed E-state index contributed by atoms with van der Waals surface area (Å²) in [5.41, 5.74) is 3.69. The van der Waals surface area contributed by atoms with Crippen LogP contribution >= 0.6 is 0 Å². The Kier molecular flexibility index (Phi) is 12.8. The molecule has 64 heavy (non-hydrogen) atoms. The number of carbonyl (C=O) groups excluding carboxylic acids is 2. The first-order valence-electron chi connectivity index (χ1n) is 18.7. The molecular weight excluding hydrogens is 850 g/mol. The van der Waals surface area contributed by atoms with Crippen molar-refractivity contribution in [3.63, 3.8) is 0 Å². The van der Waals surface area contributed by atoms with Gasteiger partial charge in [0.2, 0.25) is 0 Å². The van der Waals surface area contributed by atoms with Crippen molar-refractivity contribution in [1.29, 1.82) is 0 Å². The number of halogens is 7. The van der Waals surface area contributed by atoms with E-state index < -0.39 is 47.1 Å². The van der Waals surface area contributed by atoms with E-state index in [0.29, 0.717) is 33.6 Å². The second-order valence-electron chi connectivity index (χ2n) is 13.7. The van der Waals surface area contributed by atoms with Crippen LogP contribution < -0.4 is 30.7 Å². The Morgan fingerprint density at radius 2 is 0.875 bits per heavy atom. The van der Waals surface area contributed by atoms with Gasteiger partial charge in [-0.25, -0.2) is 37.1 Å². The van der Waals surface area contributed by atoms with Crippen LogP contribution in [0.15, 0.2) is 128 Å². The summed E-state index contributed by atoms with van der Waals surface area (Å²) < 4.78 is 104. The molecule has 19 heteroatoms. The van der Waals surface area contributed by atoms with Crippen molar-refractivity contribution in [2.24, 2.45) is 0 Å². The third-order valence-electron chi connectivity index (χ3n) is 8.75. The number of fused-ring (bicyclic) bond motifs is 2. The number of nitrogens with one attached hydrogen (secondary N) is 4. The Labute approximate surface area is 358 Å². The fraction of sp³-hybridized carbons (Fsp3) is 0.0667. The number of ether oxygens (including phenoxy) is 2. The third-order valence-corrected chi connectivity index (χ3v) is 8.75. The summed E-state index contributed by atoms with van der Waals surface area (Å²) in [6.45, 7) is 3.62. The second kappa shape index (κ2) is 18.7. The van der Waals surface area contributed by atoms with E-state index >= 15 is 0 Å². The number of nitrogens with zero attached hydrogens (tertiary/aromatic N) is 4. The lowest BCUT2D eigenvalue weighted by atomic mass is 10.2. The maximum absolute atomic E-state index is 14.5. The minimum absolute atomic E-state index is 0.0477. The number of anilines is 4. The predicted molar refractivity (Wildman–Crippen MR) is 225 cm³/mol. The molecule has 0 saturated heterocycles. The van der Waals surface area contributed by atoms with Gasteiger partial charge in [0.25, 0.3) is 0 Å². The van der Waals surface area contributed by atoms with Crippen LogP contribution in [0, 0.1) is 37.1 Å². The van der Waals surface area contributed by atoms with Crippen LogP contribution in [0.1, 0.15) is 17.0 Å². The lowest BCUT2D eigenvalue weighted by molar-refractivity contribution is -0.137. The molecule has 0 aliphatic rings. The molecule has 0 fully saturated rings. The van der Waals surface area contributed by atoms with Gasteiger partial charge in [0.15, 0.2) is 34.8 Å². The lowest BCUT2D eigenvalue weighted by Crippen LogP contribution is -2.19. The van der Waals surface area contributed by atoms with Gasteiger partial charge in [-0.1, -0.05) is 0 Å². The molecule has 0 radical (unpaired) electrons. The number of aryl methyl sites for hydroxylation is 2. The summed E-state index contributed by atoms with van der Waals surface area (Å²) in [7, 11) is 0. The number of amides is 4. The standard InChI is InChI=1S/C23H16F4N4O2.C22H15F3N4O2/c1-13-12-28-19-8-7-17(11-20(19)29-13)33-21-9-6-16(10-18(21)24)31-22(32)30-15-4-2-14(3-5-15)23(25,26)27;1-12-11-26-19-6-4-15(10-20(19)27-12)31-21-7-3-14(9-18(21)25)29-22(30)28-13-2-5-16(23)17(24)8-13/h2-12H,1H3,(H2,30,31,32);2-11H,1H3,(H2,28,29,30). The quantitative estimate of drug-likeness (QED) is 0.110. The van der Waals surface area contributed by atoms with E-state index in [9.17, 15) is 40.3 Å². The minimum atomic E-state index is -4.47. The van der Waals surface area contributed by atoms with Crippen molar-refractivity contribution in [2.75, 3.05) is 21.3 Å². The van der Waals surface area contributed by atoms with Crippen molar-refractivity contribution in [3.8, 4) is 23.0 Å². The molecule has 0 saturated carbocycles. The van der Waals surface area contributed by atoms with E-state index in [0.717, 1.165) is 59.9 Å². The van der Waals surface area contributed by atoms with Crippen molar-refractivity contribution in [3.05, 3.63) is 168 Å². The van der Waals surface area contributed by atoms with Gasteiger partial charge in [0, 0.05) is 65.5 Å². The lowest BCUT2D eigenvalue weighted by Gasteiger charge is -2.11. The molecule has 0 aliphatic carbocycles. The topological polar surface area (TPSA) is 152 Å². The molecule has 8 aromatic rings. The van der Waals surface area contributed by atoms with Crippen molar-refractivity contribution < 1.29 is 49.8 Å². The molecule has 0 atom stereocenters. The van der Waals surface area contributed by atoms with E-state index in [-0.39, 0.29) is 34.2 Å². The molecule has 324 valence electrons. The molecule has 2 heterocycles. The molecule has 0 aliphatic heterocycles. The van der Waals surface area contributed by atoms with Crippen molar-refractivity contribution in [2.45, 2.75) is 20.0 Å². The fourth-order valence-corrected chi connectivity index (χ4v) is 5.77. The van der Waals surface area contributed by atoms with Crippen LogP contribution in [-0.2, 0) is 6.18 Å². The summed E-state index contributed by atoms with van der Waals surface area (Å²) >= 11 is 0. The summed E-state index contributed by atoms with van der Waals surface area (Å²) in [6, 6.07) is 23.1. The maximum Gasteiger partial charge on any atom is 0.416 e. The van der Waals surface area contributed by atoms with Gasteiger partial charge in [-0.05, 0) is 98.8 Å². The van der Waals surface area contributed by atoms with E-state index in [1.165, 1.54) is 30.3 Å². The van der Waals surface area contributed by atoms with Gasteiger partial charge in [-0.2, -0.15) is 13.2 Å². The Morgan fingerprint density at radius 1 is 0.469 bits per heavy atom. The number of carbonyl (C=O) groups is 2. The molecule has 6 aromatic carbocycles. The Hall–Kier alpha value is -8.35. The van der Waals surface area contributed by atoms with Gasteiger partial charge < -0.3 is 30.7 Å². The zero-order valence-electron chi connectivity index (χ0n) is 33.2. The fourth-order valence-electron chi connectivity index (χ4n) is 5.77. The molecule has 4 N–H and O–H groups in total. The highest BCUT2D eigenvalue weighted by Gasteiger charge is 2.30. The highest BCUT2D eigenvalue weighted by Crippen LogP contribution is 2.32. The molecule has 0 bridgehead atoms. The van der Waals surface area contributed by atoms with Gasteiger partial charge in [-0.3, -0.25) is 9.97 Å². The highest BCUT2D eigenvalue weighted by molar-refractivity contribution is 6.00. The first kappa shape index (κ1) is 43.7. The van der Waals surface area contributed by atoms with Gasteiger partial charge >= 0.3 is 18.2 Å². The monoisotopic (exact) mass is 880 g/mol. The first-order valence-corrected chi connectivity index (χ1v) is 18.7. The number of aromatic nitrogens is 4. The number of hydrogen-bond donors (Lipinski definition) is 4. The molecule has 0 spiro atoms. The van der Waals surface area contributed by atoms with Gasteiger partial charge in [0.05, 0.1) is 39.0 Å². The van der Waals surface area contributed by atoms with Gasteiger partial charge in [-0.15, -0.1) is 0 Å². The smallest absolute Gasteiger partial charge is 0.416 e. The average Bonchev–Trinajstić information content (AvgIpc) is 3.24. The molecule has 8 rings (SSSR count). The van der Waals surface area contributed by atoms with Crippen molar-refractivity contribution >= 4 is 56.9 Å². The average molecular weight is 881 g/mol. The zero-order chi connectivity index (χ0) is 45.5. The van der Waals surface area contributed by atoms with Crippen LogP contribution in [0.25, 0.3) is 22.1 Å². The van der Waals surface area contributed by atoms with Crippen LogP contribution in [0.3, 0.4) is 0 Å². The Balaban J connectivity index is 0.000000192. The maximum atomic E-state index is 14.5. The normalized spacial score (nSPS) is 11.0. The molecule has 12 nitrogen and oxygen atoms in total. The largest absolute Gasteiger partial charge is 0.454 e. The van der Waals surface area contributed by atoms with Crippen LogP contribution in [0.2, 0.25) is 0 Å². The number of benzene rings is 6. The Bertz CT molecular complexity index is 3030. The molecular formula is C45H31F7N8O4. The van der Waals surface area contributed by atoms with Crippen LogP contribution in [-0.4, -0.2) is 32.0 Å². The van der Waals surface area contributed by atoms with Gasteiger partial charge in [0.1, 0.15) is 11.5 Å². The molecule has 4 amide bonds. The zero-order valence-corrected chi connectivity index (χ0v) is 33.2. The summed E-state index contributed by atoms with van der Waals surface area (Å²) in [5, 5.41) is 9.53. The number of urea groups is 2. The molecule has 0 unspecified atom stereocenters. The SMILES string of the molecule is Cc1cnc2ccc(Oc3ccc(NC(=O)Nc4ccc(C(F)(F)F)cc4)cc3F)cc2n1.Cc1cnc2ccc(Oc3ccc(NC(=O)Nc4ccc(F)c(F)c4)cc3F)cc2n1. The molecule has 2 aromatic heterocycles. The van der Waals surface area contributed by atoms with Crippen LogP contribution in [0.5, 0.6) is 23.0 Å². The first-order chi connectivity index (χ1) is 30.5. The summed E-state index contributed by atoms with van der Waals surface area (Å²) in [6.07, 6.45) is -1.18. The number of alkyl halides is 3. The summed E-state index contributed by atoms with van der Waals surface area (Å²) in [5.74, 6) is -2.93.